The first-order valence-electron chi connectivity index (χ1n) is 5.57. The highest BCUT2D eigenvalue weighted by molar-refractivity contribution is 7.80. The minimum atomic E-state index is -0.548. The first-order chi connectivity index (χ1) is 8.54. The number of aromatic nitrogens is 2. The van der Waals surface area contributed by atoms with Gasteiger partial charge in [0.05, 0.1) is 17.6 Å². The molecule has 0 aliphatic carbocycles. The summed E-state index contributed by atoms with van der Waals surface area (Å²) in [7, 11) is 0. The topological polar surface area (TPSA) is 44.1 Å². The minimum Gasteiger partial charge on any atom is -0.464 e. The van der Waals surface area contributed by atoms with Crippen molar-refractivity contribution in [1.82, 2.24) is 9.55 Å². The Morgan fingerprint density at radius 1 is 1.61 bits per heavy atom. The quantitative estimate of drug-likeness (QED) is 0.687. The molecule has 1 unspecified atom stereocenters. The normalized spacial score (nSPS) is 12.7. The van der Waals surface area contributed by atoms with Crippen molar-refractivity contribution in [2.45, 2.75) is 25.0 Å². The molecule has 2 aromatic rings. The summed E-state index contributed by atoms with van der Waals surface area (Å²) < 4.78 is 19.7. The molecule has 6 heteroatoms. The molecule has 0 aliphatic rings. The molecule has 1 aromatic heterocycles. The molecule has 1 aromatic carbocycles. The average molecular weight is 268 g/mol. The maximum absolute atomic E-state index is 13.1. The monoisotopic (exact) mass is 268 g/mol. The van der Waals surface area contributed by atoms with Crippen LogP contribution < -0.4 is 0 Å². The molecule has 0 radical (unpaired) electrons. The number of fused-ring (bicyclic) bond motifs is 1. The van der Waals surface area contributed by atoms with E-state index in [9.17, 15) is 9.18 Å². The number of esters is 1. The van der Waals surface area contributed by atoms with Gasteiger partial charge in [-0.15, -0.1) is 12.6 Å². The first kappa shape index (κ1) is 12.9. The number of nitrogens with zero attached hydrogens (tertiary/aromatic N) is 2. The Labute approximate surface area is 109 Å². The fraction of sp³-hybridized carbons (Fsp3) is 0.333. The summed E-state index contributed by atoms with van der Waals surface area (Å²) in [6.45, 7) is 3.75. The lowest BCUT2D eigenvalue weighted by molar-refractivity contribution is -0.146. The summed E-state index contributed by atoms with van der Waals surface area (Å²) in [5.41, 5.74) is 1.12. The van der Waals surface area contributed by atoms with Crippen LogP contribution in [0.3, 0.4) is 0 Å². The molecule has 4 nitrogen and oxygen atoms in total. The third-order valence-electron chi connectivity index (χ3n) is 2.65. The number of hydrogen-bond donors (Lipinski definition) is 1. The standard InChI is InChI=1S/C12H13FN2O2S/c1-3-17-11(16)7(2)15-10-5-4-8(13)6-9(10)14-12(15)18/h4-7H,3H2,1-2H3,(H,14,18). The predicted octanol–water partition coefficient (Wildman–Crippen LogP) is 2.59. The number of rotatable bonds is 3. The van der Waals surface area contributed by atoms with Crippen LogP contribution in [0.2, 0.25) is 0 Å². The van der Waals surface area contributed by atoms with Gasteiger partial charge in [0, 0.05) is 6.07 Å². The van der Waals surface area contributed by atoms with Crippen LogP contribution in [0.4, 0.5) is 4.39 Å². The van der Waals surface area contributed by atoms with E-state index < -0.39 is 6.04 Å². The van der Waals surface area contributed by atoms with Crippen molar-refractivity contribution in [3.05, 3.63) is 24.0 Å². The zero-order valence-corrected chi connectivity index (χ0v) is 10.9. The zero-order chi connectivity index (χ0) is 13.3. The second-order valence-corrected chi connectivity index (χ2v) is 4.24. The van der Waals surface area contributed by atoms with Gasteiger partial charge in [0.1, 0.15) is 11.9 Å². The molecule has 0 saturated heterocycles. The molecule has 0 saturated carbocycles. The maximum Gasteiger partial charge on any atom is 0.328 e. The summed E-state index contributed by atoms with van der Waals surface area (Å²) in [5.74, 6) is -0.735. The SMILES string of the molecule is CCOC(=O)C(C)n1c(S)nc2cc(F)ccc21. The molecule has 0 N–H and O–H groups in total. The molecule has 0 bridgehead atoms. The Kier molecular flexibility index (Phi) is 3.56. The van der Waals surface area contributed by atoms with Crippen molar-refractivity contribution < 1.29 is 13.9 Å². The Hall–Kier alpha value is -1.56. The van der Waals surface area contributed by atoms with Gasteiger partial charge in [-0.3, -0.25) is 0 Å². The molecule has 0 fully saturated rings. The van der Waals surface area contributed by atoms with Crippen LogP contribution >= 0.6 is 12.6 Å². The minimum absolute atomic E-state index is 0.312. The Balaban J connectivity index is 2.50. The number of hydrogen-bond acceptors (Lipinski definition) is 4. The van der Waals surface area contributed by atoms with Crippen LogP contribution in [0.15, 0.2) is 23.4 Å². The average Bonchev–Trinajstić information content (AvgIpc) is 2.63. The zero-order valence-electron chi connectivity index (χ0n) is 10.1. The number of imidazole rings is 1. The third-order valence-corrected chi connectivity index (χ3v) is 2.96. The van der Waals surface area contributed by atoms with E-state index in [0.29, 0.717) is 22.8 Å². The smallest absolute Gasteiger partial charge is 0.328 e. The molecular weight excluding hydrogens is 255 g/mol. The number of ether oxygens (including phenoxy) is 1. The lowest BCUT2D eigenvalue weighted by Crippen LogP contribution is -2.19. The predicted molar refractivity (Wildman–Crippen MR) is 68.3 cm³/mol. The van der Waals surface area contributed by atoms with Gasteiger partial charge in [0.15, 0.2) is 5.16 Å². The van der Waals surface area contributed by atoms with E-state index in [2.05, 4.69) is 17.6 Å². The molecular formula is C12H13FN2O2S. The van der Waals surface area contributed by atoms with Crippen molar-refractivity contribution in [2.75, 3.05) is 6.61 Å². The molecule has 0 aliphatic heterocycles. The molecule has 1 atom stereocenters. The summed E-state index contributed by atoms with van der Waals surface area (Å²) in [6.07, 6.45) is 0. The van der Waals surface area contributed by atoms with Gasteiger partial charge in [-0.05, 0) is 26.0 Å². The number of carbonyl (C=O) groups excluding carboxylic acids is 1. The van der Waals surface area contributed by atoms with Crippen LogP contribution in [0.25, 0.3) is 11.0 Å². The van der Waals surface area contributed by atoms with Gasteiger partial charge in [-0.25, -0.2) is 14.2 Å². The van der Waals surface area contributed by atoms with Crippen molar-refractivity contribution in [3.8, 4) is 0 Å². The van der Waals surface area contributed by atoms with Gasteiger partial charge in [-0.1, -0.05) is 0 Å². The summed E-state index contributed by atoms with van der Waals surface area (Å²) in [4.78, 5) is 15.8. The van der Waals surface area contributed by atoms with Crippen molar-refractivity contribution in [2.24, 2.45) is 0 Å². The number of carbonyl (C=O) groups is 1. The van der Waals surface area contributed by atoms with Gasteiger partial charge in [-0.2, -0.15) is 0 Å². The molecule has 96 valence electrons. The summed E-state index contributed by atoms with van der Waals surface area (Å²) in [6, 6.07) is 3.66. The van der Waals surface area contributed by atoms with Crippen molar-refractivity contribution in [1.29, 1.82) is 0 Å². The van der Waals surface area contributed by atoms with E-state index in [1.54, 1.807) is 24.5 Å². The highest BCUT2D eigenvalue weighted by Gasteiger charge is 2.21. The fourth-order valence-electron chi connectivity index (χ4n) is 1.81. The molecule has 2 rings (SSSR count). The summed E-state index contributed by atoms with van der Waals surface area (Å²) in [5, 5.41) is 0.358. The lowest BCUT2D eigenvalue weighted by Gasteiger charge is -2.14. The number of halogens is 1. The first-order valence-corrected chi connectivity index (χ1v) is 6.02. The summed E-state index contributed by atoms with van der Waals surface area (Å²) >= 11 is 4.21. The fourth-order valence-corrected chi connectivity index (χ4v) is 2.20. The van der Waals surface area contributed by atoms with Gasteiger partial charge >= 0.3 is 5.97 Å². The largest absolute Gasteiger partial charge is 0.464 e. The van der Waals surface area contributed by atoms with Crippen LogP contribution in [0, 0.1) is 5.82 Å². The van der Waals surface area contributed by atoms with Crippen molar-refractivity contribution >= 4 is 29.6 Å². The molecule has 0 amide bonds. The number of thiol groups is 1. The van der Waals surface area contributed by atoms with Crippen LogP contribution in [-0.2, 0) is 9.53 Å². The van der Waals surface area contributed by atoms with Crippen LogP contribution in [0.5, 0.6) is 0 Å². The highest BCUT2D eigenvalue weighted by Crippen LogP contribution is 2.24. The van der Waals surface area contributed by atoms with Crippen molar-refractivity contribution in [3.63, 3.8) is 0 Å². The second-order valence-electron chi connectivity index (χ2n) is 3.84. The Bertz CT molecular complexity index is 597. The van der Waals surface area contributed by atoms with Gasteiger partial charge in [0.25, 0.3) is 0 Å². The van der Waals surface area contributed by atoms with E-state index >= 15 is 0 Å². The molecule has 18 heavy (non-hydrogen) atoms. The Morgan fingerprint density at radius 3 is 3.00 bits per heavy atom. The van der Waals surface area contributed by atoms with E-state index in [1.165, 1.54) is 12.1 Å². The van der Waals surface area contributed by atoms with E-state index in [-0.39, 0.29) is 11.8 Å². The van der Waals surface area contributed by atoms with Gasteiger partial charge in [0.2, 0.25) is 0 Å². The van der Waals surface area contributed by atoms with E-state index in [1.807, 2.05) is 0 Å². The molecule has 1 heterocycles. The van der Waals surface area contributed by atoms with Gasteiger partial charge < -0.3 is 9.30 Å². The van der Waals surface area contributed by atoms with Crippen LogP contribution in [0.1, 0.15) is 19.9 Å². The van der Waals surface area contributed by atoms with Crippen LogP contribution in [-0.4, -0.2) is 22.1 Å². The van der Waals surface area contributed by atoms with E-state index in [4.69, 9.17) is 4.74 Å². The third kappa shape index (κ3) is 2.20. The second kappa shape index (κ2) is 4.97. The molecule has 0 spiro atoms. The highest BCUT2D eigenvalue weighted by atomic mass is 32.1. The lowest BCUT2D eigenvalue weighted by atomic mass is 10.2. The number of benzene rings is 1. The van der Waals surface area contributed by atoms with E-state index in [0.717, 1.165) is 0 Å². The Morgan fingerprint density at radius 2 is 2.33 bits per heavy atom. The maximum atomic E-state index is 13.1.